The summed E-state index contributed by atoms with van der Waals surface area (Å²) in [6.07, 6.45) is 0. The lowest BCUT2D eigenvalue weighted by Gasteiger charge is -2.10. The highest BCUT2D eigenvalue weighted by Gasteiger charge is 2.19. The van der Waals surface area contributed by atoms with Crippen molar-refractivity contribution in [2.45, 2.75) is 13.8 Å². The first-order valence-electron chi connectivity index (χ1n) is 8.55. The van der Waals surface area contributed by atoms with E-state index in [1.165, 1.54) is 0 Å². The van der Waals surface area contributed by atoms with Crippen LogP contribution in [0.1, 0.15) is 11.3 Å². The summed E-state index contributed by atoms with van der Waals surface area (Å²) in [5, 5.41) is 9.94. The molecule has 2 N–H and O–H groups in total. The molecule has 3 aromatic rings. The van der Waals surface area contributed by atoms with Crippen molar-refractivity contribution in [1.82, 2.24) is 10.2 Å². The zero-order chi connectivity index (χ0) is 18.8. The molecule has 1 aromatic heterocycles. The molecular formula is C20H19N3O4. The third-order valence-corrected chi connectivity index (χ3v) is 4.32. The SMILES string of the molecule is Cc1ccccc1OCC(=O)Nc1n[nH]c(C)c1-c1ccc2c(c1)OCO2. The maximum atomic E-state index is 12.3. The van der Waals surface area contributed by atoms with Gasteiger partial charge in [0, 0.05) is 11.3 Å². The first kappa shape index (κ1) is 17.0. The number of carbonyl (C=O) groups excluding carboxylic acids is 1. The number of hydrogen-bond donors (Lipinski definition) is 2. The predicted octanol–water partition coefficient (Wildman–Crippen LogP) is 3.44. The molecule has 0 unspecified atom stereocenters. The molecule has 27 heavy (non-hydrogen) atoms. The van der Waals surface area contributed by atoms with Crippen LogP contribution in [0.15, 0.2) is 42.5 Å². The second-order valence-corrected chi connectivity index (χ2v) is 6.24. The van der Waals surface area contributed by atoms with Crippen LogP contribution in [-0.2, 0) is 4.79 Å². The second kappa shape index (κ2) is 7.03. The van der Waals surface area contributed by atoms with E-state index >= 15 is 0 Å². The van der Waals surface area contributed by atoms with Crippen LogP contribution in [0.3, 0.4) is 0 Å². The van der Waals surface area contributed by atoms with Gasteiger partial charge in [-0.25, -0.2) is 0 Å². The van der Waals surface area contributed by atoms with Crippen molar-refractivity contribution in [3.63, 3.8) is 0 Å². The van der Waals surface area contributed by atoms with E-state index in [1.807, 2.05) is 56.3 Å². The highest BCUT2D eigenvalue weighted by atomic mass is 16.7. The number of amides is 1. The van der Waals surface area contributed by atoms with Gasteiger partial charge in [0.15, 0.2) is 23.9 Å². The van der Waals surface area contributed by atoms with Gasteiger partial charge in [-0.3, -0.25) is 9.89 Å². The normalized spacial score (nSPS) is 12.1. The van der Waals surface area contributed by atoms with E-state index in [9.17, 15) is 4.79 Å². The Balaban J connectivity index is 1.50. The van der Waals surface area contributed by atoms with Crippen LogP contribution in [-0.4, -0.2) is 29.5 Å². The molecule has 0 saturated carbocycles. The quantitative estimate of drug-likeness (QED) is 0.723. The number of nitrogens with one attached hydrogen (secondary N) is 2. The van der Waals surface area contributed by atoms with Crippen molar-refractivity contribution in [1.29, 1.82) is 0 Å². The number of rotatable bonds is 5. The molecule has 0 radical (unpaired) electrons. The summed E-state index contributed by atoms with van der Waals surface area (Å²) in [5.41, 5.74) is 3.49. The fourth-order valence-electron chi connectivity index (χ4n) is 2.95. The number of aryl methyl sites for hydroxylation is 2. The zero-order valence-electron chi connectivity index (χ0n) is 15.0. The predicted molar refractivity (Wildman–Crippen MR) is 100 cm³/mol. The van der Waals surface area contributed by atoms with Crippen molar-refractivity contribution in [2.24, 2.45) is 0 Å². The smallest absolute Gasteiger partial charge is 0.263 e. The second-order valence-electron chi connectivity index (χ2n) is 6.24. The Labute approximate surface area is 156 Å². The highest BCUT2D eigenvalue weighted by molar-refractivity contribution is 5.95. The maximum Gasteiger partial charge on any atom is 0.263 e. The molecule has 2 heterocycles. The first-order chi connectivity index (χ1) is 13.1. The molecule has 0 aliphatic carbocycles. The summed E-state index contributed by atoms with van der Waals surface area (Å²) < 4.78 is 16.4. The largest absolute Gasteiger partial charge is 0.483 e. The molecule has 1 aliphatic rings. The molecule has 7 heteroatoms. The standard InChI is InChI=1S/C20H19N3O4/c1-12-5-3-4-6-15(12)25-10-18(24)21-20-19(13(2)22-23-20)14-7-8-16-17(9-14)27-11-26-16/h3-9H,10-11H2,1-2H3,(H2,21,22,23,24). The lowest BCUT2D eigenvalue weighted by molar-refractivity contribution is -0.118. The first-order valence-corrected chi connectivity index (χ1v) is 8.55. The molecule has 0 saturated heterocycles. The zero-order valence-corrected chi connectivity index (χ0v) is 15.0. The Bertz CT molecular complexity index is 997. The van der Waals surface area contributed by atoms with Gasteiger partial charge in [0.05, 0.1) is 0 Å². The number of carbonyl (C=O) groups is 1. The van der Waals surface area contributed by atoms with Crippen molar-refractivity contribution in [2.75, 3.05) is 18.7 Å². The van der Waals surface area contributed by atoms with E-state index in [0.29, 0.717) is 23.1 Å². The van der Waals surface area contributed by atoms with Gasteiger partial charge in [0.1, 0.15) is 5.75 Å². The summed E-state index contributed by atoms with van der Waals surface area (Å²) in [4.78, 5) is 12.3. The molecule has 1 amide bonds. The maximum absolute atomic E-state index is 12.3. The monoisotopic (exact) mass is 365 g/mol. The number of hydrogen-bond acceptors (Lipinski definition) is 5. The molecule has 1 aliphatic heterocycles. The fourth-order valence-corrected chi connectivity index (χ4v) is 2.95. The number of benzene rings is 2. The minimum absolute atomic E-state index is 0.0999. The molecule has 0 fully saturated rings. The molecule has 4 rings (SSSR count). The van der Waals surface area contributed by atoms with Crippen LogP contribution in [0.5, 0.6) is 17.2 Å². The van der Waals surface area contributed by atoms with Gasteiger partial charge >= 0.3 is 0 Å². The minimum atomic E-state index is -0.285. The minimum Gasteiger partial charge on any atom is -0.483 e. The van der Waals surface area contributed by atoms with Gasteiger partial charge in [-0.15, -0.1) is 0 Å². The third kappa shape index (κ3) is 3.44. The summed E-state index contributed by atoms with van der Waals surface area (Å²) >= 11 is 0. The summed E-state index contributed by atoms with van der Waals surface area (Å²) in [5.74, 6) is 2.23. The Kier molecular flexibility index (Phi) is 4.42. The lowest BCUT2D eigenvalue weighted by Crippen LogP contribution is -2.21. The molecule has 0 atom stereocenters. The molecule has 7 nitrogen and oxygen atoms in total. The molecule has 138 valence electrons. The van der Waals surface area contributed by atoms with Crippen LogP contribution in [0.25, 0.3) is 11.1 Å². The number of H-pyrrole nitrogens is 1. The van der Waals surface area contributed by atoms with Gasteiger partial charge in [0.25, 0.3) is 5.91 Å². The molecule has 0 spiro atoms. The summed E-state index contributed by atoms with van der Waals surface area (Å²) in [7, 11) is 0. The number of aromatic amines is 1. The van der Waals surface area contributed by atoms with Crippen LogP contribution >= 0.6 is 0 Å². The van der Waals surface area contributed by atoms with Gasteiger partial charge in [-0.1, -0.05) is 24.3 Å². The van der Waals surface area contributed by atoms with E-state index in [4.69, 9.17) is 14.2 Å². The van der Waals surface area contributed by atoms with Crippen molar-refractivity contribution in [3.05, 3.63) is 53.7 Å². The van der Waals surface area contributed by atoms with E-state index in [0.717, 1.165) is 22.4 Å². The van der Waals surface area contributed by atoms with Crippen LogP contribution in [0.2, 0.25) is 0 Å². The van der Waals surface area contributed by atoms with E-state index in [2.05, 4.69) is 15.5 Å². The lowest BCUT2D eigenvalue weighted by atomic mass is 10.1. The Morgan fingerprint density at radius 1 is 1.19 bits per heavy atom. The van der Waals surface area contributed by atoms with Crippen LogP contribution in [0, 0.1) is 13.8 Å². The number of nitrogens with zero attached hydrogens (tertiary/aromatic N) is 1. The summed E-state index contributed by atoms with van der Waals surface area (Å²) in [6.45, 7) is 3.94. The van der Waals surface area contributed by atoms with Gasteiger partial charge in [-0.2, -0.15) is 5.10 Å². The van der Waals surface area contributed by atoms with Crippen molar-refractivity contribution >= 4 is 11.7 Å². The van der Waals surface area contributed by atoms with Gasteiger partial charge in [0.2, 0.25) is 6.79 Å². The molecule has 2 aromatic carbocycles. The Morgan fingerprint density at radius 2 is 2.00 bits per heavy atom. The molecule has 0 bridgehead atoms. The van der Waals surface area contributed by atoms with Crippen LogP contribution < -0.4 is 19.5 Å². The van der Waals surface area contributed by atoms with Gasteiger partial charge in [-0.05, 0) is 43.2 Å². The Morgan fingerprint density at radius 3 is 2.85 bits per heavy atom. The number of fused-ring (bicyclic) bond motifs is 1. The number of anilines is 1. The molecular weight excluding hydrogens is 346 g/mol. The van der Waals surface area contributed by atoms with E-state index in [1.54, 1.807) is 0 Å². The number of ether oxygens (including phenoxy) is 3. The van der Waals surface area contributed by atoms with Gasteiger partial charge < -0.3 is 19.5 Å². The third-order valence-electron chi connectivity index (χ3n) is 4.32. The fraction of sp³-hybridized carbons (Fsp3) is 0.200. The average molecular weight is 365 g/mol. The van der Waals surface area contributed by atoms with E-state index < -0.39 is 0 Å². The van der Waals surface area contributed by atoms with Crippen molar-refractivity contribution < 1.29 is 19.0 Å². The Hall–Kier alpha value is -3.48. The summed E-state index contributed by atoms with van der Waals surface area (Å²) in [6, 6.07) is 13.2. The number of para-hydroxylation sites is 1. The number of aromatic nitrogens is 2. The van der Waals surface area contributed by atoms with Crippen molar-refractivity contribution in [3.8, 4) is 28.4 Å². The van der Waals surface area contributed by atoms with Crippen LogP contribution in [0.4, 0.5) is 5.82 Å². The highest BCUT2D eigenvalue weighted by Crippen LogP contribution is 2.38. The average Bonchev–Trinajstić information content (AvgIpc) is 3.27. The van der Waals surface area contributed by atoms with E-state index in [-0.39, 0.29) is 19.3 Å². The topological polar surface area (TPSA) is 85.5 Å².